The Morgan fingerprint density at radius 3 is 2.79 bits per heavy atom. The van der Waals surface area contributed by atoms with Gasteiger partial charge in [-0.1, -0.05) is 13.0 Å². The van der Waals surface area contributed by atoms with Gasteiger partial charge in [-0.05, 0) is 31.0 Å². The van der Waals surface area contributed by atoms with E-state index in [9.17, 15) is 9.59 Å². The number of carbonyl (C=O) groups is 1. The van der Waals surface area contributed by atoms with Crippen molar-refractivity contribution in [3.8, 4) is 0 Å². The van der Waals surface area contributed by atoms with E-state index in [2.05, 4.69) is 20.6 Å². The molecule has 0 bridgehead atoms. The van der Waals surface area contributed by atoms with Gasteiger partial charge in [0.2, 0.25) is 0 Å². The molecule has 0 aliphatic carbocycles. The van der Waals surface area contributed by atoms with E-state index in [4.69, 9.17) is 0 Å². The fourth-order valence-electron chi connectivity index (χ4n) is 2.52. The van der Waals surface area contributed by atoms with Crippen LogP contribution in [0.15, 0.2) is 29.2 Å². The molecule has 3 aromatic heterocycles. The zero-order valence-corrected chi connectivity index (χ0v) is 13.9. The Hall–Kier alpha value is -2.96. The molecule has 0 atom stereocenters. The van der Waals surface area contributed by atoms with Crippen molar-refractivity contribution in [3.63, 3.8) is 0 Å². The minimum Gasteiger partial charge on any atom is -0.369 e. The van der Waals surface area contributed by atoms with E-state index in [1.807, 2.05) is 19.9 Å². The Labute approximate surface area is 138 Å². The van der Waals surface area contributed by atoms with Crippen LogP contribution in [-0.2, 0) is 0 Å². The molecular weight excluding hydrogens is 306 g/mol. The van der Waals surface area contributed by atoms with E-state index in [1.54, 1.807) is 25.4 Å². The number of hydrogen-bond acceptors (Lipinski definition) is 5. The number of carbonyl (C=O) groups excluding carboxylic acids is 1. The number of hydrogen-bond donors (Lipinski definition) is 2. The maximum Gasteiger partial charge on any atom is 0.267 e. The number of aryl methyl sites for hydroxylation is 1. The highest BCUT2D eigenvalue weighted by molar-refractivity contribution is 6.01. The van der Waals surface area contributed by atoms with Crippen LogP contribution in [0.5, 0.6) is 0 Å². The van der Waals surface area contributed by atoms with Crippen molar-refractivity contribution < 1.29 is 4.79 Å². The number of fused-ring (bicyclic) bond motifs is 2. The van der Waals surface area contributed by atoms with Crippen molar-refractivity contribution in [1.29, 1.82) is 0 Å². The van der Waals surface area contributed by atoms with Crippen LogP contribution in [0, 0.1) is 6.92 Å². The number of rotatable bonds is 4. The summed E-state index contributed by atoms with van der Waals surface area (Å²) >= 11 is 0. The molecule has 3 heterocycles. The summed E-state index contributed by atoms with van der Waals surface area (Å²) in [5.41, 5.74) is 1.91. The smallest absolute Gasteiger partial charge is 0.267 e. The van der Waals surface area contributed by atoms with E-state index >= 15 is 0 Å². The molecule has 0 unspecified atom stereocenters. The molecule has 0 spiro atoms. The van der Waals surface area contributed by atoms with E-state index in [-0.39, 0.29) is 11.5 Å². The fourth-order valence-corrected chi connectivity index (χ4v) is 2.52. The third-order valence-corrected chi connectivity index (χ3v) is 3.76. The van der Waals surface area contributed by atoms with Gasteiger partial charge in [0.25, 0.3) is 11.5 Å². The van der Waals surface area contributed by atoms with Gasteiger partial charge in [-0.25, -0.2) is 9.97 Å². The highest BCUT2D eigenvalue weighted by atomic mass is 16.1. The molecule has 3 rings (SSSR count). The second-order valence-electron chi connectivity index (χ2n) is 5.61. The minimum absolute atomic E-state index is 0.238. The first-order chi connectivity index (χ1) is 11.5. The molecule has 0 aliphatic rings. The van der Waals surface area contributed by atoms with Crippen molar-refractivity contribution >= 4 is 28.4 Å². The van der Waals surface area contributed by atoms with Crippen LogP contribution in [0.4, 0.5) is 5.82 Å². The maximum absolute atomic E-state index is 12.8. The third kappa shape index (κ3) is 2.68. The van der Waals surface area contributed by atoms with Crippen molar-refractivity contribution in [2.75, 3.05) is 18.9 Å². The van der Waals surface area contributed by atoms with E-state index in [0.29, 0.717) is 34.6 Å². The van der Waals surface area contributed by atoms with Crippen LogP contribution >= 0.6 is 0 Å². The van der Waals surface area contributed by atoms with Crippen LogP contribution in [0.1, 0.15) is 29.3 Å². The lowest BCUT2D eigenvalue weighted by Gasteiger charge is -2.11. The van der Waals surface area contributed by atoms with E-state index in [0.717, 1.165) is 12.0 Å². The largest absolute Gasteiger partial charge is 0.369 e. The zero-order valence-electron chi connectivity index (χ0n) is 13.9. The molecule has 7 nitrogen and oxygen atoms in total. The number of aromatic nitrogens is 3. The van der Waals surface area contributed by atoms with Crippen LogP contribution in [0.25, 0.3) is 16.7 Å². The number of amides is 1. The van der Waals surface area contributed by atoms with Gasteiger partial charge in [0.05, 0.1) is 10.9 Å². The highest BCUT2D eigenvalue weighted by Crippen LogP contribution is 2.18. The molecule has 0 saturated heterocycles. The summed E-state index contributed by atoms with van der Waals surface area (Å²) < 4.78 is 1.48. The van der Waals surface area contributed by atoms with E-state index in [1.165, 1.54) is 4.40 Å². The van der Waals surface area contributed by atoms with E-state index < -0.39 is 0 Å². The predicted octanol–water partition coefficient (Wildman–Crippen LogP) is 1.73. The second kappa shape index (κ2) is 6.27. The normalized spacial score (nSPS) is 11.0. The molecule has 24 heavy (non-hydrogen) atoms. The van der Waals surface area contributed by atoms with Crippen LogP contribution in [0.3, 0.4) is 0 Å². The monoisotopic (exact) mass is 325 g/mol. The Morgan fingerprint density at radius 2 is 2.08 bits per heavy atom. The lowest BCUT2D eigenvalue weighted by molar-refractivity contribution is 0.0963. The number of anilines is 1. The molecule has 0 fully saturated rings. The molecule has 7 heteroatoms. The fraction of sp³-hybridized carbons (Fsp3) is 0.294. The zero-order chi connectivity index (χ0) is 17.3. The Bertz CT molecular complexity index is 994. The molecule has 0 radical (unpaired) electrons. The second-order valence-corrected chi connectivity index (χ2v) is 5.61. The van der Waals surface area contributed by atoms with Gasteiger partial charge in [0.1, 0.15) is 11.5 Å². The van der Waals surface area contributed by atoms with Gasteiger partial charge in [-0.3, -0.25) is 14.0 Å². The van der Waals surface area contributed by atoms with Crippen LogP contribution in [-0.4, -0.2) is 33.9 Å². The van der Waals surface area contributed by atoms with Crippen molar-refractivity contribution in [3.05, 3.63) is 45.9 Å². The standard InChI is InChI=1S/C17H19N5O2/c1-4-7-19-14-11(16(23)18-3)8-12-15(21-14)20-13-6-5-10(2)9-22(13)17(12)24/h5-6,8-9H,4,7H2,1-3H3,(H,18,23)(H,19,21). The third-order valence-electron chi connectivity index (χ3n) is 3.76. The average Bonchev–Trinajstić information content (AvgIpc) is 2.59. The first kappa shape index (κ1) is 15.9. The Morgan fingerprint density at radius 1 is 1.29 bits per heavy atom. The lowest BCUT2D eigenvalue weighted by atomic mass is 10.2. The van der Waals surface area contributed by atoms with Crippen LogP contribution < -0.4 is 16.2 Å². The molecule has 2 N–H and O–H groups in total. The highest BCUT2D eigenvalue weighted by Gasteiger charge is 2.16. The summed E-state index contributed by atoms with van der Waals surface area (Å²) in [6.07, 6.45) is 2.62. The van der Waals surface area contributed by atoms with Gasteiger partial charge in [-0.2, -0.15) is 0 Å². The van der Waals surface area contributed by atoms with Crippen LogP contribution in [0.2, 0.25) is 0 Å². The van der Waals surface area contributed by atoms with Gasteiger partial charge in [0, 0.05) is 19.8 Å². The summed E-state index contributed by atoms with van der Waals surface area (Å²) in [6, 6.07) is 5.23. The average molecular weight is 325 g/mol. The SMILES string of the molecule is CCCNc1nc2nc3ccc(C)cn3c(=O)c2cc1C(=O)NC. The molecule has 124 valence electrons. The number of nitrogens with one attached hydrogen (secondary N) is 2. The Kier molecular flexibility index (Phi) is 4.16. The van der Waals surface area contributed by atoms with Crippen molar-refractivity contribution in [2.45, 2.75) is 20.3 Å². The summed E-state index contributed by atoms with van der Waals surface area (Å²) in [4.78, 5) is 33.8. The van der Waals surface area contributed by atoms with Gasteiger partial charge < -0.3 is 10.6 Å². The first-order valence-corrected chi connectivity index (χ1v) is 7.85. The molecule has 0 aromatic carbocycles. The topological polar surface area (TPSA) is 88.4 Å². The van der Waals surface area contributed by atoms with Gasteiger partial charge >= 0.3 is 0 Å². The van der Waals surface area contributed by atoms with Gasteiger partial charge in [0.15, 0.2) is 5.65 Å². The molecule has 0 aliphatic heterocycles. The molecular formula is C17H19N5O2. The maximum atomic E-state index is 12.8. The summed E-state index contributed by atoms with van der Waals surface area (Å²) in [6.45, 7) is 4.60. The first-order valence-electron chi connectivity index (χ1n) is 7.85. The molecule has 3 aromatic rings. The molecule has 1 amide bonds. The quantitative estimate of drug-likeness (QED) is 0.713. The Balaban J connectivity index is 2.33. The summed E-state index contributed by atoms with van der Waals surface area (Å²) in [5, 5.41) is 6.02. The van der Waals surface area contributed by atoms with Crippen molar-refractivity contribution in [1.82, 2.24) is 19.7 Å². The minimum atomic E-state index is -0.295. The van der Waals surface area contributed by atoms with Gasteiger partial charge in [-0.15, -0.1) is 0 Å². The molecule has 0 saturated carbocycles. The summed E-state index contributed by atoms with van der Waals surface area (Å²) in [7, 11) is 1.55. The summed E-state index contributed by atoms with van der Waals surface area (Å²) in [5.74, 6) is 0.142. The van der Waals surface area contributed by atoms with Crippen molar-refractivity contribution in [2.24, 2.45) is 0 Å². The lowest BCUT2D eigenvalue weighted by Crippen LogP contribution is -2.23. The predicted molar refractivity (Wildman–Crippen MR) is 93.7 cm³/mol. The number of pyridine rings is 2. The number of nitrogens with zero attached hydrogens (tertiary/aromatic N) is 3.